The van der Waals surface area contributed by atoms with Crippen LogP contribution in [0.1, 0.15) is 39.0 Å². The topological polar surface area (TPSA) is 58.6 Å². The largest absolute Gasteiger partial charge is 0.377 e. The quantitative estimate of drug-likeness (QED) is 0.838. The highest BCUT2D eigenvalue weighted by Gasteiger charge is 2.27. The van der Waals surface area contributed by atoms with E-state index in [4.69, 9.17) is 4.74 Å². The second kappa shape index (κ2) is 7.02. The van der Waals surface area contributed by atoms with E-state index in [2.05, 4.69) is 5.32 Å². The van der Waals surface area contributed by atoms with Gasteiger partial charge >= 0.3 is 0 Å². The average molecular weight is 290 g/mol. The maximum absolute atomic E-state index is 12.4. The lowest BCUT2D eigenvalue weighted by atomic mass is 10.0. The van der Waals surface area contributed by atoms with Gasteiger partial charge < -0.3 is 10.1 Å². The summed E-state index contributed by atoms with van der Waals surface area (Å²) in [4.78, 5) is 0. The van der Waals surface area contributed by atoms with Gasteiger partial charge in [0.2, 0.25) is 10.0 Å². The lowest BCUT2D eigenvalue weighted by Gasteiger charge is -2.26. The fourth-order valence-electron chi connectivity index (χ4n) is 2.80. The zero-order chi connectivity index (χ0) is 13.7. The highest BCUT2D eigenvalue weighted by Crippen LogP contribution is 2.15. The van der Waals surface area contributed by atoms with E-state index in [1.807, 2.05) is 6.92 Å². The molecule has 0 aromatic rings. The van der Waals surface area contributed by atoms with Gasteiger partial charge in [0.25, 0.3) is 0 Å². The van der Waals surface area contributed by atoms with Gasteiger partial charge in [0.05, 0.1) is 11.9 Å². The molecule has 1 N–H and O–H groups in total. The molecule has 0 aromatic carbocycles. The summed E-state index contributed by atoms with van der Waals surface area (Å²) >= 11 is 0. The average Bonchev–Trinajstić information content (AvgIpc) is 2.63. The zero-order valence-corrected chi connectivity index (χ0v) is 12.6. The van der Waals surface area contributed by atoms with Crippen molar-refractivity contribution in [3.63, 3.8) is 0 Å². The normalized spacial score (nSPS) is 31.0. The van der Waals surface area contributed by atoms with Crippen LogP contribution in [0.15, 0.2) is 0 Å². The molecule has 0 saturated carbocycles. The van der Waals surface area contributed by atoms with Crippen LogP contribution in [0.3, 0.4) is 0 Å². The van der Waals surface area contributed by atoms with Crippen LogP contribution < -0.4 is 5.32 Å². The van der Waals surface area contributed by atoms with Crippen LogP contribution >= 0.6 is 0 Å². The number of hydrogen-bond donors (Lipinski definition) is 1. The summed E-state index contributed by atoms with van der Waals surface area (Å²) in [5.74, 6) is 0.261. The first kappa shape index (κ1) is 15.2. The molecule has 0 aliphatic carbocycles. The van der Waals surface area contributed by atoms with Crippen molar-refractivity contribution in [2.45, 2.75) is 51.2 Å². The summed E-state index contributed by atoms with van der Waals surface area (Å²) < 4.78 is 31.9. The molecular weight excluding hydrogens is 264 g/mol. The van der Waals surface area contributed by atoms with E-state index in [0.29, 0.717) is 25.7 Å². The summed E-state index contributed by atoms with van der Waals surface area (Å²) in [7, 11) is -3.13. The number of nitrogens with zero attached hydrogens (tertiary/aromatic N) is 1. The van der Waals surface area contributed by atoms with Gasteiger partial charge in [-0.25, -0.2) is 8.42 Å². The van der Waals surface area contributed by atoms with Crippen LogP contribution in [-0.4, -0.2) is 56.9 Å². The Morgan fingerprint density at radius 3 is 2.89 bits per heavy atom. The summed E-state index contributed by atoms with van der Waals surface area (Å²) in [5, 5.41) is 3.41. The van der Waals surface area contributed by atoms with E-state index in [0.717, 1.165) is 25.8 Å². The Kier molecular flexibility index (Phi) is 5.62. The molecule has 2 fully saturated rings. The van der Waals surface area contributed by atoms with Gasteiger partial charge in [-0.1, -0.05) is 6.42 Å². The number of ether oxygens (including phenoxy) is 1. The van der Waals surface area contributed by atoms with Crippen molar-refractivity contribution >= 4 is 10.0 Å². The fraction of sp³-hybridized carbons (Fsp3) is 1.00. The molecule has 0 spiro atoms. The maximum atomic E-state index is 12.4. The van der Waals surface area contributed by atoms with Crippen molar-refractivity contribution in [2.24, 2.45) is 0 Å². The van der Waals surface area contributed by atoms with Crippen molar-refractivity contribution in [1.82, 2.24) is 9.62 Å². The third-order valence-corrected chi connectivity index (χ3v) is 5.82. The summed E-state index contributed by atoms with van der Waals surface area (Å²) in [6, 6.07) is 0.379. The Balaban J connectivity index is 1.85. The summed E-state index contributed by atoms with van der Waals surface area (Å²) in [6.07, 6.45) is 5.07. The minimum atomic E-state index is -3.13. The van der Waals surface area contributed by atoms with Crippen LogP contribution in [0.2, 0.25) is 0 Å². The number of rotatable bonds is 4. The third-order valence-electron chi connectivity index (χ3n) is 3.95. The molecular formula is C13H26N2O3S. The van der Waals surface area contributed by atoms with Crippen molar-refractivity contribution in [3.05, 3.63) is 0 Å². The molecule has 2 saturated heterocycles. The van der Waals surface area contributed by atoms with Crippen LogP contribution in [0.25, 0.3) is 0 Å². The van der Waals surface area contributed by atoms with E-state index in [9.17, 15) is 8.42 Å². The van der Waals surface area contributed by atoms with Crippen LogP contribution in [0.5, 0.6) is 0 Å². The van der Waals surface area contributed by atoms with E-state index in [1.165, 1.54) is 12.8 Å². The molecule has 6 heteroatoms. The second-order valence-electron chi connectivity index (χ2n) is 5.64. The molecule has 2 aliphatic heterocycles. The first-order valence-corrected chi connectivity index (χ1v) is 9.01. The highest BCUT2D eigenvalue weighted by atomic mass is 32.2. The third kappa shape index (κ3) is 4.70. The zero-order valence-electron chi connectivity index (χ0n) is 11.8. The smallest absolute Gasteiger partial charge is 0.214 e. The van der Waals surface area contributed by atoms with Crippen molar-refractivity contribution in [2.75, 3.05) is 32.0 Å². The molecule has 112 valence electrons. The van der Waals surface area contributed by atoms with Crippen LogP contribution in [0, 0.1) is 0 Å². The second-order valence-corrected chi connectivity index (χ2v) is 7.73. The fourth-order valence-corrected chi connectivity index (χ4v) is 4.48. The van der Waals surface area contributed by atoms with Gasteiger partial charge in [-0.15, -0.1) is 0 Å². The van der Waals surface area contributed by atoms with E-state index in [-0.39, 0.29) is 11.9 Å². The first-order valence-electron chi connectivity index (χ1n) is 7.41. The molecule has 0 amide bonds. The van der Waals surface area contributed by atoms with Crippen LogP contribution in [-0.2, 0) is 14.8 Å². The Hall–Kier alpha value is -0.170. The monoisotopic (exact) mass is 290 g/mol. The van der Waals surface area contributed by atoms with Gasteiger partial charge in [-0.3, -0.25) is 0 Å². The molecule has 0 aromatic heterocycles. The molecule has 2 rings (SSSR count). The Morgan fingerprint density at radius 2 is 2.16 bits per heavy atom. The van der Waals surface area contributed by atoms with Gasteiger partial charge in [0.1, 0.15) is 0 Å². The predicted molar refractivity (Wildman–Crippen MR) is 75.6 cm³/mol. The van der Waals surface area contributed by atoms with Crippen molar-refractivity contribution in [3.8, 4) is 0 Å². The Bertz CT molecular complexity index is 366. The number of sulfonamides is 1. The minimum absolute atomic E-state index is 0.00470. The van der Waals surface area contributed by atoms with Crippen LogP contribution in [0.4, 0.5) is 0 Å². The summed E-state index contributed by atoms with van der Waals surface area (Å²) in [6.45, 7) is 4.73. The first-order chi connectivity index (χ1) is 9.08. The molecule has 2 heterocycles. The molecule has 2 aliphatic rings. The number of hydrogen-bond acceptors (Lipinski definition) is 4. The lowest BCUT2D eigenvalue weighted by molar-refractivity contribution is 0.0752. The van der Waals surface area contributed by atoms with Gasteiger partial charge in [0.15, 0.2) is 0 Å². The molecule has 2 unspecified atom stereocenters. The molecule has 19 heavy (non-hydrogen) atoms. The van der Waals surface area contributed by atoms with Crippen molar-refractivity contribution in [1.29, 1.82) is 0 Å². The van der Waals surface area contributed by atoms with E-state index < -0.39 is 10.0 Å². The van der Waals surface area contributed by atoms with E-state index >= 15 is 0 Å². The van der Waals surface area contributed by atoms with Gasteiger partial charge in [0, 0.05) is 25.7 Å². The lowest BCUT2D eigenvalue weighted by Crippen LogP contribution is -2.40. The number of piperidine rings is 1. The number of nitrogens with one attached hydrogen (secondary N) is 1. The highest BCUT2D eigenvalue weighted by molar-refractivity contribution is 7.89. The molecule has 0 bridgehead atoms. The van der Waals surface area contributed by atoms with Gasteiger partial charge in [-0.2, -0.15) is 4.31 Å². The summed E-state index contributed by atoms with van der Waals surface area (Å²) in [5.41, 5.74) is 0. The van der Waals surface area contributed by atoms with E-state index in [1.54, 1.807) is 4.31 Å². The molecule has 2 atom stereocenters. The van der Waals surface area contributed by atoms with Crippen molar-refractivity contribution < 1.29 is 13.2 Å². The minimum Gasteiger partial charge on any atom is -0.377 e. The maximum Gasteiger partial charge on any atom is 0.214 e. The SMILES string of the molecule is CC1CN(S(=O)(=O)CCC2CCCCN2)CCCO1. The standard InChI is InChI=1S/C13H26N2O3S/c1-12-11-15(8-4-9-18-12)19(16,17)10-6-13-5-2-3-7-14-13/h12-14H,2-11H2,1H3. The van der Waals surface area contributed by atoms with Gasteiger partial charge in [-0.05, 0) is 39.2 Å². The Morgan fingerprint density at radius 1 is 1.32 bits per heavy atom. The predicted octanol–water partition coefficient (Wildman–Crippen LogP) is 0.959. The molecule has 5 nitrogen and oxygen atoms in total. The Labute approximate surface area is 116 Å². The molecule has 0 radical (unpaired) electrons.